The van der Waals surface area contributed by atoms with E-state index in [1.165, 1.54) is 23.8 Å². The minimum Gasteiger partial charge on any atom is -0.481 e. The molecule has 9 nitrogen and oxygen atoms in total. The van der Waals surface area contributed by atoms with Gasteiger partial charge < -0.3 is 26.4 Å². The number of carbonyl (C=O) groups is 3. The van der Waals surface area contributed by atoms with Crippen LogP contribution in [0.3, 0.4) is 0 Å². The van der Waals surface area contributed by atoms with E-state index in [9.17, 15) is 19.5 Å². The summed E-state index contributed by atoms with van der Waals surface area (Å²) in [7, 11) is 0. The fourth-order valence-corrected chi connectivity index (χ4v) is 6.95. The van der Waals surface area contributed by atoms with Crippen LogP contribution < -0.4 is 4.90 Å². The number of anilines is 1. The normalized spacial score (nSPS) is 23.1. The van der Waals surface area contributed by atoms with Gasteiger partial charge >= 0.3 is 37.1 Å². The van der Waals surface area contributed by atoms with Crippen molar-refractivity contribution in [1.82, 2.24) is 4.98 Å². The molecule has 1 saturated carbocycles. The molecule has 40 heavy (non-hydrogen) atoms. The molecule has 0 bridgehead atoms. The molecular weight excluding hydrogens is 758 g/mol. The summed E-state index contributed by atoms with van der Waals surface area (Å²) in [6.07, 6.45) is 3.94. The van der Waals surface area contributed by atoms with E-state index in [0.29, 0.717) is 40.1 Å². The number of hydrogen-bond acceptors (Lipinski definition) is 8. The molecule has 208 valence electrons. The first kappa shape index (κ1) is 30.7. The molecule has 6 rings (SSSR count). The second kappa shape index (κ2) is 12.3. The SMILES string of the molecule is Cc1c(-c2ncco2)sc2c1C(=O)C1(CC(C(=O)O)C1)C(=O)N2C[C@H](OC1CCOCC1)c1[c-]cccc1.[CH3-].[U+2]. The predicted octanol–water partition coefficient (Wildman–Crippen LogP) is 4.91. The summed E-state index contributed by atoms with van der Waals surface area (Å²) in [6, 6.07) is 10.7. The van der Waals surface area contributed by atoms with Gasteiger partial charge in [-0.3, -0.25) is 19.3 Å². The number of fused-ring (bicyclic) bond motifs is 1. The van der Waals surface area contributed by atoms with Crippen LogP contribution >= 0.6 is 11.3 Å². The number of oxazole rings is 1. The van der Waals surface area contributed by atoms with Gasteiger partial charge in [0.2, 0.25) is 11.8 Å². The molecule has 2 aromatic heterocycles. The topological polar surface area (TPSA) is 119 Å². The van der Waals surface area contributed by atoms with Crippen molar-refractivity contribution in [2.75, 3.05) is 24.7 Å². The number of aliphatic carboxylic acids is 1. The van der Waals surface area contributed by atoms with Crippen LogP contribution in [-0.4, -0.2) is 53.6 Å². The second-order valence-electron chi connectivity index (χ2n) is 10.1. The summed E-state index contributed by atoms with van der Waals surface area (Å²) in [6.45, 7) is 3.21. The molecular formula is C29H30N2O7SU. The van der Waals surface area contributed by atoms with Crippen molar-refractivity contribution in [2.45, 2.75) is 44.8 Å². The van der Waals surface area contributed by atoms with E-state index in [1.54, 1.807) is 4.90 Å². The van der Waals surface area contributed by atoms with Gasteiger partial charge in [-0.15, -0.1) is 16.9 Å². The van der Waals surface area contributed by atoms with Gasteiger partial charge in [0.15, 0.2) is 5.78 Å². The third-order valence-electron chi connectivity index (χ3n) is 7.81. The fraction of sp³-hybridized carbons (Fsp3) is 0.414. The maximum Gasteiger partial charge on any atom is 2.00 e. The van der Waals surface area contributed by atoms with Gasteiger partial charge in [0.25, 0.3) is 0 Å². The number of thiophene rings is 1. The van der Waals surface area contributed by atoms with Gasteiger partial charge in [-0.25, -0.2) is 4.98 Å². The number of ether oxygens (including phenoxy) is 2. The fourth-order valence-electron chi connectivity index (χ4n) is 5.70. The monoisotopic (exact) mass is 788 g/mol. The van der Waals surface area contributed by atoms with E-state index < -0.39 is 23.4 Å². The second-order valence-corrected chi connectivity index (χ2v) is 11.1. The van der Waals surface area contributed by atoms with Gasteiger partial charge in [-0.05, 0) is 38.2 Å². The molecule has 1 N–H and O–H groups in total. The maximum absolute atomic E-state index is 14.1. The Hall–Kier alpha value is -2.29. The average Bonchev–Trinajstić information content (AvgIpc) is 3.54. The average molecular weight is 789 g/mol. The predicted molar refractivity (Wildman–Crippen MR) is 143 cm³/mol. The number of nitrogens with zero attached hydrogens (tertiary/aromatic N) is 2. The van der Waals surface area contributed by atoms with Gasteiger partial charge in [-0.1, -0.05) is 0 Å². The Morgan fingerprint density at radius 1 is 1.30 bits per heavy atom. The summed E-state index contributed by atoms with van der Waals surface area (Å²) >= 11 is 1.29. The molecule has 1 aliphatic carbocycles. The molecule has 1 amide bonds. The molecule has 1 saturated heterocycles. The molecule has 4 heterocycles. The van der Waals surface area contributed by atoms with Crippen LogP contribution in [0.1, 0.15) is 53.3 Å². The van der Waals surface area contributed by atoms with Crippen molar-refractivity contribution in [3.05, 3.63) is 66.9 Å². The number of ketones is 1. The Bertz CT molecular complexity index is 1360. The van der Waals surface area contributed by atoms with Crippen LogP contribution in [-0.2, 0) is 19.1 Å². The Balaban J connectivity index is 0.00000185. The summed E-state index contributed by atoms with van der Waals surface area (Å²) in [4.78, 5) is 46.2. The zero-order valence-corrected chi connectivity index (χ0v) is 27.3. The van der Waals surface area contributed by atoms with Crippen LogP contribution in [0.4, 0.5) is 5.00 Å². The number of rotatable bonds is 7. The standard InChI is InChI=1S/C28H27N2O7S.CH3.U/c1-16-21-23(31)28(13-18(14-28)26(32)33)27(34)30(25(21)38-22(16)24-29-9-12-36-24)15-20(17-5-3-2-4-6-17)37-19-7-10-35-11-8-19;;/h2-5,9,12,18-20H,7-8,10-11,13-15H2,1H3,(H,32,33);1H3;/q2*-1;+2/t18?,20-,28?;;/m0../s1. The van der Waals surface area contributed by atoms with Gasteiger partial charge in [-0.2, -0.15) is 30.3 Å². The maximum atomic E-state index is 14.1. The minimum absolute atomic E-state index is 0. The molecule has 1 spiro atoms. The number of aromatic nitrogens is 1. The number of amides is 1. The van der Waals surface area contributed by atoms with E-state index in [1.807, 2.05) is 31.2 Å². The summed E-state index contributed by atoms with van der Waals surface area (Å²) in [5.74, 6) is -2.03. The number of carboxylic acids is 1. The van der Waals surface area contributed by atoms with Crippen LogP contribution in [0.25, 0.3) is 10.8 Å². The first-order chi connectivity index (χ1) is 18.4. The van der Waals surface area contributed by atoms with Crippen molar-refractivity contribution in [3.8, 4) is 10.8 Å². The van der Waals surface area contributed by atoms with Crippen molar-refractivity contribution >= 4 is 34.0 Å². The van der Waals surface area contributed by atoms with E-state index in [2.05, 4.69) is 11.1 Å². The van der Waals surface area contributed by atoms with Crippen molar-refractivity contribution < 1.29 is 64.5 Å². The number of carbonyl (C=O) groups excluding carboxylic acids is 2. The zero-order valence-electron chi connectivity index (χ0n) is 22.3. The first-order valence-electron chi connectivity index (χ1n) is 12.7. The Kier molecular flexibility index (Phi) is 9.43. The van der Waals surface area contributed by atoms with Crippen molar-refractivity contribution in [3.63, 3.8) is 0 Å². The molecule has 3 aromatic rings. The number of benzene rings is 1. The smallest absolute Gasteiger partial charge is 0.481 e. The van der Waals surface area contributed by atoms with Crippen LogP contribution in [0.2, 0.25) is 0 Å². The molecule has 1 atom stereocenters. The molecule has 2 aliphatic heterocycles. The number of Topliss-reactive ketones (excluding diaryl/α,β-unsaturated/α-hetero) is 1. The summed E-state index contributed by atoms with van der Waals surface area (Å²) in [5.41, 5.74) is 0.534. The van der Waals surface area contributed by atoms with Gasteiger partial charge in [0.1, 0.15) is 16.7 Å². The number of carboxylic acid groups (broad SMARTS) is 1. The van der Waals surface area contributed by atoms with E-state index in [-0.39, 0.29) is 75.7 Å². The summed E-state index contributed by atoms with van der Waals surface area (Å²) < 4.78 is 17.6. The first-order valence-corrected chi connectivity index (χ1v) is 13.5. The Morgan fingerprint density at radius 2 is 2.05 bits per heavy atom. The summed E-state index contributed by atoms with van der Waals surface area (Å²) in [5, 5.41) is 10.1. The van der Waals surface area contributed by atoms with Gasteiger partial charge in [0.05, 0.1) is 41.3 Å². The van der Waals surface area contributed by atoms with E-state index in [0.717, 1.165) is 18.4 Å². The molecule has 3 aliphatic rings. The minimum atomic E-state index is -1.39. The van der Waals surface area contributed by atoms with Gasteiger partial charge in [0, 0.05) is 13.2 Å². The Morgan fingerprint density at radius 3 is 2.67 bits per heavy atom. The van der Waals surface area contributed by atoms with E-state index in [4.69, 9.17) is 13.9 Å². The molecule has 0 radical (unpaired) electrons. The molecule has 2 fully saturated rings. The Labute approximate surface area is 260 Å². The van der Waals surface area contributed by atoms with Crippen LogP contribution in [0, 0.1) is 62.9 Å². The zero-order chi connectivity index (χ0) is 26.4. The largest absolute Gasteiger partial charge is 2.00 e. The quantitative estimate of drug-likeness (QED) is 0.265. The molecule has 11 heteroatoms. The number of hydrogen-bond donors (Lipinski definition) is 1. The van der Waals surface area contributed by atoms with Crippen LogP contribution in [0.15, 0.2) is 41.1 Å². The van der Waals surface area contributed by atoms with Crippen molar-refractivity contribution in [1.29, 1.82) is 0 Å². The molecule has 0 unspecified atom stereocenters. The third kappa shape index (κ3) is 5.23. The van der Waals surface area contributed by atoms with E-state index >= 15 is 0 Å². The molecule has 1 aromatic carbocycles. The van der Waals surface area contributed by atoms with Crippen LogP contribution in [0.5, 0.6) is 0 Å². The third-order valence-corrected chi connectivity index (χ3v) is 9.11. The van der Waals surface area contributed by atoms with Crippen molar-refractivity contribution in [2.24, 2.45) is 11.3 Å².